The average Bonchev–Trinajstić information content (AvgIpc) is 3.44. The number of amidine groups is 2. The summed E-state index contributed by atoms with van der Waals surface area (Å²) in [6.07, 6.45) is 0. The second kappa shape index (κ2) is 11.6. The molecule has 0 unspecified atom stereocenters. The van der Waals surface area contributed by atoms with Gasteiger partial charge in [-0.15, -0.1) is 0 Å². The molecule has 0 bridgehead atoms. The zero-order valence-corrected chi connectivity index (χ0v) is 16.4. The van der Waals surface area contributed by atoms with Gasteiger partial charge in [-0.3, -0.25) is 0 Å². The second-order valence-corrected chi connectivity index (χ2v) is 5.63. The average molecular weight is 439 g/mol. The van der Waals surface area contributed by atoms with E-state index in [-0.39, 0.29) is 40.3 Å². The SMILES string of the molecule is O/C(=N\C1=NCCO1)c1ccccc1.O/C(=N\C1=NCCO1)c1ccccc1.[Ni]. The fraction of sp³-hybridized carbons (Fsp3) is 0.200. The van der Waals surface area contributed by atoms with Gasteiger partial charge in [-0.05, 0) is 24.3 Å². The topological polar surface area (TPSA) is 108 Å². The van der Waals surface area contributed by atoms with Gasteiger partial charge in [-0.2, -0.15) is 9.98 Å². The first kappa shape index (κ1) is 22.1. The maximum absolute atomic E-state index is 9.57. The van der Waals surface area contributed by atoms with Gasteiger partial charge in [-0.25, -0.2) is 9.98 Å². The summed E-state index contributed by atoms with van der Waals surface area (Å²) < 4.78 is 10.1. The molecule has 2 aliphatic heterocycles. The molecule has 2 heterocycles. The van der Waals surface area contributed by atoms with Crippen LogP contribution in [0, 0.1) is 0 Å². The van der Waals surface area contributed by atoms with Crippen molar-refractivity contribution in [1.29, 1.82) is 0 Å². The third kappa shape index (κ3) is 7.05. The Labute approximate surface area is 178 Å². The molecule has 0 fully saturated rings. The van der Waals surface area contributed by atoms with E-state index in [1.807, 2.05) is 36.4 Å². The van der Waals surface area contributed by atoms with Crippen LogP contribution in [0.2, 0.25) is 0 Å². The Morgan fingerprint density at radius 1 is 0.690 bits per heavy atom. The zero-order chi connectivity index (χ0) is 19.6. The van der Waals surface area contributed by atoms with Crippen molar-refractivity contribution < 1.29 is 36.2 Å². The van der Waals surface area contributed by atoms with Crippen LogP contribution in [0.4, 0.5) is 0 Å². The quantitative estimate of drug-likeness (QED) is 0.426. The van der Waals surface area contributed by atoms with Crippen LogP contribution >= 0.6 is 0 Å². The van der Waals surface area contributed by atoms with E-state index < -0.39 is 0 Å². The molecule has 154 valence electrons. The summed E-state index contributed by atoms with van der Waals surface area (Å²) >= 11 is 0. The minimum atomic E-state index is -0.0637. The molecular weight excluding hydrogens is 419 g/mol. The van der Waals surface area contributed by atoms with Crippen molar-refractivity contribution >= 4 is 23.8 Å². The Morgan fingerprint density at radius 2 is 1.07 bits per heavy atom. The molecule has 0 aliphatic carbocycles. The minimum Gasteiger partial charge on any atom is -0.493 e. The van der Waals surface area contributed by atoms with E-state index in [0.29, 0.717) is 37.4 Å². The smallest absolute Gasteiger partial charge is 0.315 e. The molecule has 2 aliphatic rings. The molecule has 0 saturated heterocycles. The fourth-order valence-corrected chi connectivity index (χ4v) is 2.27. The number of aliphatic hydroxyl groups excluding tert-OH is 2. The number of aliphatic imine (C=N–C) groups is 4. The molecule has 2 aromatic rings. The van der Waals surface area contributed by atoms with Crippen LogP contribution < -0.4 is 0 Å². The molecule has 2 aromatic carbocycles. The maximum atomic E-state index is 9.57. The van der Waals surface area contributed by atoms with Gasteiger partial charge in [0.05, 0.1) is 13.1 Å². The van der Waals surface area contributed by atoms with E-state index in [4.69, 9.17) is 9.47 Å². The van der Waals surface area contributed by atoms with E-state index in [1.54, 1.807) is 24.3 Å². The van der Waals surface area contributed by atoms with Gasteiger partial charge in [0.1, 0.15) is 13.2 Å². The second-order valence-electron chi connectivity index (χ2n) is 5.63. The predicted octanol–water partition coefficient (Wildman–Crippen LogP) is 2.75. The number of ether oxygens (including phenoxy) is 2. The largest absolute Gasteiger partial charge is 0.493 e. The molecule has 0 atom stereocenters. The van der Waals surface area contributed by atoms with Crippen molar-refractivity contribution in [2.24, 2.45) is 20.0 Å². The summed E-state index contributed by atoms with van der Waals surface area (Å²) in [6.45, 7) is 2.31. The van der Waals surface area contributed by atoms with Crippen LogP contribution in [0.15, 0.2) is 80.6 Å². The number of aliphatic hydroxyl groups is 2. The van der Waals surface area contributed by atoms with E-state index in [9.17, 15) is 10.2 Å². The maximum Gasteiger partial charge on any atom is 0.315 e. The molecule has 0 saturated carbocycles. The van der Waals surface area contributed by atoms with Crippen molar-refractivity contribution in [3.63, 3.8) is 0 Å². The summed E-state index contributed by atoms with van der Waals surface area (Å²) in [4.78, 5) is 15.6. The van der Waals surface area contributed by atoms with Crippen LogP contribution in [0.1, 0.15) is 11.1 Å². The summed E-state index contributed by atoms with van der Waals surface area (Å²) in [5, 5.41) is 19.1. The van der Waals surface area contributed by atoms with Crippen molar-refractivity contribution in [3.8, 4) is 0 Å². The molecule has 8 nitrogen and oxygen atoms in total. The molecule has 2 N–H and O–H groups in total. The molecule has 0 spiro atoms. The molecule has 0 aromatic heterocycles. The van der Waals surface area contributed by atoms with Gasteiger partial charge in [0.25, 0.3) is 0 Å². The first-order valence-corrected chi connectivity index (χ1v) is 8.73. The summed E-state index contributed by atoms with van der Waals surface area (Å²) in [5.41, 5.74) is 1.32. The third-order valence-corrected chi connectivity index (χ3v) is 3.61. The Morgan fingerprint density at radius 3 is 1.38 bits per heavy atom. The number of nitrogens with zero attached hydrogens (tertiary/aromatic N) is 4. The molecule has 0 amide bonds. The van der Waals surface area contributed by atoms with Crippen LogP contribution in [-0.2, 0) is 26.0 Å². The minimum absolute atomic E-state index is 0. The Hall–Kier alpha value is -3.19. The molecule has 29 heavy (non-hydrogen) atoms. The standard InChI is InChI=1S/2C10H10N2O2.Ni/c2*13-9(8-4-2-1-3-5-8)12-10-11-6-7-14-10;/h2*1-5H,6-7H2,(H,11,12,13);. The van der Waals surface area contributed by atoms with E-state index in [1.165, 1.54) is 0 Å². The van der Waals surface area contributed by atoms with E-state index >= 15 is 0 Å². The van der Waals surface area contributed by atoms with Crippen LogP contribution in [0.25, 0.3) is 0 Å². The number of rotatable bonds is 2. The Balaban J connectivity index is 0.000000200. The molecule has 4 rings (SSSR count). The molecular formula is C20H20N4NiO4. The van der Waals surface area contributed by atoms with Gasteiger partial charge in [0, 0.05) is 27.6 Å². The Kier molecular flexibility index (Phi) is 8.85. The normalized spacial score (nSPS) is 15.7. The fourth-order valence-electron chi connectivity index (χ4n) is 2.27. The van der Waals surface area contributed by atoms with Crippen molar-refractivity contribution in [2.75, 3.05) is 26.3 Å². The molecule has 9 heteroatoms. The Bertz CT molecular complexity index is 824. The third-order valence-electron chi connectivity index (χ3n) is 3.61. The monoisotopic (exact) mass is 438 g/mol. The van der Waals surface area contributed by atoms with Crippen LogP contribution in [-0.4, -0.2) is 60.4 Å². The number of hydrogen-bond acceptors (Lipinski definition) is 6. The van der Waals surface area contributed by atoms with Crippen molar-refractivity contribution in [3.05, 3.63) is 71.8 Å². The van der Waals surface area contributed by atoms with Gasteiger partial charge in [-0.1, -0.05) is 36.4 Å². The predicted molar refractivity (Wildman–Crippen MR) is 108 cm³/mol. The van der Waals surface area contributed by atoms with E-state index in [2.05, 4.69) is 20.0 Å². The van der Waals surface area contributed by atoms with Crippen molar-refractivity contribution in [2.45, 2.75) is 0 Å². The van der Waals surface area contributed by atoms with Crippen LogP contribution in [0.5, 0.6) is 0 Å². The summed E-state index contributed by atoms with van der Waals surface area (Å²) in [5.74, 6) is -0.127. The first-order chi connectivity index (χ1) is 13.7. The molecule has 0 radical (unpaired) electrons. The van der Waals surface area contributed by atoms with Gasteiger partial charge in [0.15, 0.2) is 0 Å². The van der Waals surface area contributed by atoms with E-state index in [0.717, 1.165) is 0 Å². The van der Waals surface area contributed by atoms with Crippen molar-refractivity contribution in [1.82, 2.24) is 0 Å². The summed E-state index contributed by atoms with van der Waals surface area (Å²) in [6, 6.07) is 18.7. The van der Waals surface area contributed by atoms with Gasteiger partial charge in [0.2, 0.25) is 11.8 Å². The number of benzene rings is 2. The van der Waals surface area contributed by atoms with Gasteiger partial charge >= 0.3 is 12.0 Å². The summed E-state index contributed by atoms with van der Waals surface area (Å²) in [7, 11) is 0. The van der Waals surface area contributed by atoms with Gasteiger partial charge < -0.3 is 19.7 Å². The van der Waals surface area contributed by atoms with Crippen LogP contribution in [0.3, 0.4) is 0 Å². The first-order valence-electron chi connectivity index (χ1n) is 8.73. The zero-order valence-electron chi connectivity index (χ0n) is 15.4. The number of hydrogen-bond donors (Lipinski definition) is 2.